The summed E-state index contributed by atoms with van der Waals surface area (Å²) in [5, 5.41) is 3.82. The maximum absolute atomic E-state index is 12.1. The molecule has 106 valence electrons. The molecule has 0 unspecified atom stereocenters. The van der Waals surface area contributed by atoms with Gasteiger partial charge in [0.05, 0.1) is 4.90 Å². The van der Waals surface area contributed by atoms with Gasteiger partial charge in [-0.05, 0) is 49.6 Å². The SMILES string of the molecule is CCCNCc1cc(S(=O)(=O)NC2CC2)ccc1Cl. The molecule has 0 aromatic heterocycles. The fraction of sp³-hybridized carbons (Fsp3) is 0.538. The first-order valence-corrected chi connectivity index (χ1v) is 8.40. The van der Waals surface area contributed by atoms with Crippen LogP contribution < -0.4 is 10.0 Å². The molecule has 0 saturated heterocycles. The molecule has 0 amide bonds. The molecule has 1 aromatic rings. The highest BCUT2D eigenvalue weighted by Gasteiger charge is 2.28. The molecule has 2 N–H and O–H groups in total. The van der Waals surface area contributed by atoms with E-state index in [9.17, 15) is 8.42 Å². The Bertz CT molecular complexity index is 542. The minimum atomic E-state index is -3.40. The second-order valence-corrected chi connectivity index (χ2v) is 6.95. The fourth-order valence-corrected chi connectivity index (χ4v) is 3.28. The number of halogens is 1. The molecule has 0 bridgehead atoms. The zero-order valence-corrected chi connectivity index (χ0v) is 12.5. The Hall–Kier alpha value is -0.620. The number of rotatable bonds is 7. The standard InChI is InChI=1S/C13H19ClN2O2S/c1-2-7-15-9-10-8-12(5-6-13(10)14)19(17,18)16-11-3-4-11/h5-6,8,11,15-16H,2-4,7,9H2,1H3. The highest BCUT2D eigenvalue weighted by atomic mass is 35.5. The predicted molar refractivity (Wildman–Crippen MR) is 76.8 cm³/mol. The summed E-state index contributed by atoms with van der Waals surface area (Å²) in [7, 11) is -3.40. The van der Waals surface area contributed by atoms with Crippen LogP contribution in [-0.4, -0.2) is 21.0 Å². The van der Waals surface area contributed by atoms with Crippen LogP contribution >= 0.6 is 11.6 Å². The van der Waals surface area contributed by atoms with Crippen molar-refractivity contribution < 1.29 is 8.42 Å². The van der Waals surface area contributed by atoms with Crippen molar-refractivity contribution in [2.75, 3.05) is 6.54 Å². The van der Waals surface area contributed by atoms with Crippen molar-refractivity contribution in [3.05, 3.63) is 28.8 Å². The molecule has 19 heavy (non-hydrogen) atoms. The predicted octanol–water partition coefficient (Wildman–Crippen LogP) is 2.28. The van der Waals surface area contributed by atoms with Gasteiger partial charge in [0, 0.05) is 17.6 Å². The van der Waals surface area contributed by atoms with Crippen LogP contribution in [0.3, 0.4) is 0 Å². The molecule has 0 atom stereocenters. The first-order valence-electron chi connectivity index (χ1n) is 6.54. The molecule has 6 heteroatoms. The molecule has 0 spiro atoms. The first kappa shape index (κ1) is 14.8. The van der Waals surface area contributed by atoms with Gasteiger partial charge in [0.2, 0.25) is 10.0 Å². The zero-order chi connectivity index (χ0) is 13.9. The van der Waals surface area contributed by atoms with Crippen molar-refractivity contribution in [3.8, 4) is 0 Å². The van der Waals surface area contributed by atoms with Gasteiger partial charge in [0.15, 0.2) is 0 Å². The molecule has 1 aliphatic rings. The van der Waals surface area contributed by atoms with E-state index in [0.29, 0.717) is 11.6 Å². The third-order valence-electron chi connectivity index (χ3n) is 2.97. The van der Waals surface area contributed by atoms with Crippen LogP contribution in [-0.2, 0) is 16.6 Å². The Morgan fingerprint density at radius 3 is 2.74 bits per heavy atom. The van der Waals surface area contributed by atoms with Crippen molar-refractivity contribution in [2.24, 2.45) is 0 Å². The van der Waals surface area contributed by atoms with Gasteiger partial charge in [-0.1, -0.05) is 18.5 Å². The van der Waals surface area contributed by atoms with Crippen molar-refractivity contribution >= 4 is 21.6 Å². The van der Waals surface area contributed by atoms with Crippen molar-refractivity contribution in [3.63, 3.8) is 0 Å². The molecule has 1 aliphatic carbocycles. The molecule has 0 radical (unpaired) electrons. The summed E-state index contributed by atoms with van der Waals surface area (Å²) in [5.41, 5.74) is 0.814. The third kappa shape index (κ3) is 4.18. The smallest absolute Gasteiger partial charge is 0.240 e. The van der Waals surface area contributed by atoms with Crippen molar-refractivity contribution in [1.29, 1.82) is 0 Å². The minimum absolute atomic E-state index is 0.113. The summed E-state index contributed by atoms with van der Waals surface area (Å²) < 4.78 is 26.9. The number of benzene rings is 1. The lowest BCUT2D eigenvalue weighted by molar-refractivity contribution is 0.580. The van der Waals surface area contributed by atoms with E-state index in [4.69, 9.17) is 11.6 Å². The van der Waals surface area contributed by atoms with Gasteiger partial charge < -0.3 is 5.32 Å². The van der Waals surface area contributed by atoms with Gasteiger partial charge in [0.25, 0.3) is 0 Å². The summed E-state index contributed by atoms with van der Waals surface area (Å²) >= 11 is 6.09. The quantitative estimate of drug-likeness (QED) is 0.760. The summed E-state index contributed by atoms with van der Waals surface area (Å²) in [6.45, 7) is 3.54. The van der Waals surface area contributed by atoms with Gasteiger partial charge in [-0.15, -0.1) is 0 Å². The van der Waals surface area contributed by atoms with E-state index < -0.39 is 10.0 Å². The number of sulfonamides is 1. The molecule has 1 saturated carbocycles. The van der Waals surface area contributed by atoms with Crippen molar-refractivity contribution in [2.45, 2.75) is 43.7 Å². The number of hydrogen-bond donors (Lipinski definition) is 2. The molecular weight excluding hydrogens is 284 g/mol. The largest absolute Gasteiger partial charge is 0.313 e. The second kappa shape index (κ2) is 6.22. The average molecular weight is 303 g/mol. The van der Waals surface area contributed by atoms with E-state index in [-0.39, 0.29) is 10.9 Å². The normalized spacial score (nSPS) is 15.7. The molecule has 1 aromatic carbocycles. The molecule has 0 aliphatic heterocycles. The monoisotopic (exact) mass is 302 g/mol. The lowest BCUT2D eigenvalue weighted by Gasteiger charge is -2.10. The molecule has 2 rings (SSSR count). The highest BCUT2D eigenvalue weighted by Crippen LogP contribution is 2.24. The first-order chi connectivity index (χ1) is 9.03. The number of hydrogen-bond acceptors (Lipinski definition) is 3. The fourth-order valence-electron chi connectivity index (χ4n) is 1.74. The van der Waals surface area contributed by atoms with Gasteiger partial charge >= 0.3 is 0 Å². The summed E-state index contributed by atoms with van der Waals surface area (Å²) in [4.78, 5) is 0.289. The zero-order valence-electron chi connectivity index (χ0n) is 10.9. The van der Waals surface area contributed by atoms with E-state index in [1.807, 2.05) is 0 Å². The van der Waals surface area contributed by atoms with Crippen LogP contribution in [0.1, 0.15) is 31.7 Å². The third-order valence-corrected chi connectivity index (χ3v) is 4.86. The average Bonchev–Trinajstić information content (AvgIpc) is 3.14. The summed E-state index contributed by atoms with van der Waals surface area (Å²) in [6.07, 6.45) is 2.88. The summed E-state index contributed by atoms with van der Waals surface area (Å²) in [5.74, 6) is 0. The van der Waals surface area contributed by atoms with Crippen LogP contribution in [0.15, 0.2) is 23.1 Å². The van der Waals surface area contributed by atoms with E-state index >= 15 is 0 Å². The topological polar surface area (TPSA) is 58.2 Å². The maximum Gasteiger partial charge on any atom is 0.240 e. The van der Waals surface area contributed by atoms with Gasteiger partial charge in [-0.3, -0.25) is 0 Å². The Morgan fingerprint density at radius 1 is 1.37 bits per heavy atom. The highest BCUT2D eigenvalue weighted by molar-refractivity contribution is 7.89. The van der Waals surface area contributed by atoms with Crippen LogP contribution in [0.5, 0.6) is 0 Å². The lowest BCUT2D eigenvalue weighted by Crippen LogP contribution is -2.26. The van der Waals surface area contributed by atoms with E-state index in [2.05, 4.69) is 17.0 Å². The lowest BCUT2D eigenvalue weighted by atomic mass is 10.2. The second-order valence-electron chi connectivity index (χ2n) is 4.83. The Kier molecular flexibility index (Phi) is 4.84. The Balaban J connectivity index is 2.14. The maximum atomic E-state index is 12.1. The molecule has 1 fully saturated rings. The van der Waals surface area contributed by atoms with Crippen LogP contribution in [0.4, 0.5) is 0 Å². The van der Waals surface area contributed by atoms with Gasteiger partial charge in [0.1, 0.15) is 0 Å². The van der Waals surface area contributed by atoms with Crippen molar-refractivity contribution in [1.82, 2.24) is 10.0 Å². The molecular formula is C13H19ClN2O2S. The number of nitrogens with one attached hydrogen (secondary N) is 2. The molecule has 4 nitrogen and oxygen atoms in total. The summed E-state index contributed by atoms with van der Waals surface area (Å²) in [6, 6.07) is 4.96. The van der Waals surface area contributed by atoms with E-state index in [0.717, 1.165) is 31.4 Å². The van der Waals surface area contributed by atoms with Gasteiger partial charge in [-0.25, -0.2) is 13.1 Å². The Morgan fingerprint density at radius 2 is 2.11 bits per heavy atom. The minimum Gasteiger partial charge on any atom is -0.313 e. The van der Waals surface area contributed by atoms with E-state index in [1.54, 1.807) is 18.2 Å². The van der Waals surface area contributed by atoms with Gasteiger partial charge in [-0.2, -0.15) is 0 Å². The van der Waals surface area contributed by atoms with Crippen LogP contribution in [0, 0.1) is 0 Å². The Labute approximate surface area is 119 Å². The van der Waals surface area contributed by atoms with Crippen LogP contribution in [0.2, 0.25) is 5.02 Å². The van der Waals surface area contributed by atoms with E-state index in [1.165, 1.54) is 0 Å². The van der Waals surface area contributed by atoms with Crippen LogP contribution in [0.25, 0.3) is 0 Å². The molecule has 0 heterocycles.